The van der Waals surface area contributed by atoms with Crippen LogP contribution >= 0.6 is 0 Å². The van der Waals surface area contributed by atoms with Gasteiger partial charge in [-0.25, -0.2) is 8.42 Å². The van der Waals surface area contributed by atoms with Crippen molar-refractivity contribution < 1.29 is 22.7 Å². The van der Waals surface area contributed by atoms with Crippen LogP contribution in [0.25, 0.3) is 0 Å². The highest BCUT2D eigenvalue weighted by Crippen LogP contribution is 2.60. The van der Waals surface area contributed by atoms with Gasteiger partial charge in [-0.05, 0) is 117 Å². The third-order valence-corrected chi connectivity index (χ3v) is 12.0. The molecule has 5 aliphatic carbocycles. The molecule has 0 radical (unpaired) electrons. The monoisotopic (exact) mass is 621 g/mol. The summed E-state index contributed by atoms with van der Waals surface area (Å²) in [6.07, 6.45) is 12.9. The predicted octanol–water partition coefficient (Wildman–Crippen LogP) is 5.41. The van der Waals surface area contributed by atoms with Crippen molar-refractivity contribution in [3.8, 4) is 5.75 Å². The van der Waals surface area contributed by atoms with E-state index in [1.807, 2.05) is 36.4 Å². The van der Waals surface area contributed by atoms with Crippen LogP contribution in [0.1, 0.15) is 82.3 Å². The molecule has 4 bridgehead atoms. The van der Waals surface area contributed by atoms with Crippen molar-refractivity contribution in [1.29, 1.82) is 0 Å². The average Bonchev–Trinajstić information content (AvgIpc) is 3.50. The third kappa shape index (κ3) is 6.49. The minimum Gasteiger partial charge on any atom is -0.497 e. The Hall–Kier alpha value is -3.07. The molecule has 0 aromatic heterocycles. The van der Waals surface area contributed by atoms with E-state index >= 15 is 0 Å². The lowest BCUT2D eigenvalue weighted by Crippen LogP contribution is -2.52. The molecule has 0 unspecified atom stereocenters. The number of methoxy groups -OCH3 is 1. The molecule has 2 amide bonds. The number of hydrogen-bond acceptors (Lipinski definition) is 5. The summed E-state index contributed by atoms with van der Waals surface area (Å²) < 4.78 is 32.8. The van der Waals surface area contributed by atoms with Crippen LogP contribution in [-0.2, 0) is 31.6 Å². The fourth-order valence-corrected chi connectivity index (χ4v) is 9.85. The van der Waals surface area contributed by atoms with E-state index in [1.54, 1.807) is 14.0 Å². The molecule has 0 aliphatic heterocycles. The molecule has 0 saturated heterocycles. The fraction of sp³-hybridized carbons (Fsp3) is 0.600. The third-order valence-electron chi connectivity index (χ3n) is 10.8. The first-order valence-electron chi connectivity index (χ1n) is 16.3. The van der Waals surface area contributed by atoms with Gasteiger partial charge in [0.25, 0.3) is 0 Å². The highest BCUT2D eigenvalue weighted by molar-refractivity contribution is 7.92. The SMILES string of the molecule is COc1cccc(CN(C(=O)CN(c2ccc(C34CC5CC(CC(C5)C3)C4)cc2)S(C)(=O)=O)[C@H](C)C(=O)NC2CCCC2)c1. The molecular weight excluding hydrogens is 574 g/mol. The molecule has 9 heteroatoms. The van der Waals surface area contributed by atoms with Crippen LogP contribution in [0.2, 0.25) is 0 Å². The van der Waals surface area contributed by atoms with E-state index in [-0.39, 0.29) is 30.5 Å². The van der Waals surface area contributed by atoms with Crippen molar-refractivity contribution in [1.82, 2.24) is 10.2 Å². The van der Waals surface area contributed by atoms with Crippen LogP contribution < -0.4 is 14.4 Å². The lowest BCUT2D eigenvalue weighted by Gasteiger charge is -2.57. The van der Waals surface area contributed by atoms with Gasteiger partial charge in [0.15, 0.2) is 0 Å². The highest BCUT2D eigenvalue weighted by Gasteiger charge is 2.51. The topological polar surface area (TPSA) is 96.0 Å². The lowest BCUT2D eigenvalue weighted by molar-refractivity contribution is -0.139. The Bertz CT molecular complexity index is 1430. The van der Waals surface area contributed by atoms with E-state index in [2.05, 4.69) is 17.4 Å². The zero-order valence-corrected chi connectivity index (χ0v) is 27.2. The molecule has 5 aliphatic rings. The molecule has 238 valence electrons. The van der Waals surface area contributed by atoms with Gasteiger partial charge in [-0.3, -0.25) is 13.9 Å². The van der Waals surface area contributed by atoms with Crippen molar-refractivity contribution in [3.63, 3.8) is 0 Å². The van der Waals surface area contributed by atoms with E-state index in [4.69, 9.17) is 4.74 Å². The molecule has 2 aromatic rings. The van der Waals surface area contributed by atoms with Crippen LogP contribution in [0.3, 0.4) is 0 Å². The van der Waals surface area contributed by atoms with Crippen molar-refractivity contribution in [3.05, 3.63) is 59.7 Å². The summed E-state index contributed by atoms with van der Waals surface area (Å²) in [7, 11) is -2.21. The zero-order chi connectivity index (χ0) is 31.1. The van der Waals surface area contributed by atoms with Crippen molar-refractivity contribution in [2.45, 2.75) is 95.2 Å². The summed E-state index contributed by atoms with van der Waals surface area (Å²) in [6.45, 7) is 1.48. The molecule has 5 saturated carbocycles. The number of carbonyl (C=O) groups excluding carboxylic acids is 2. The number of nitrogens with one attached hydrogen (secondary N) is 1. The van der Waals surface area contributed by atoms with Crippen molar-refractivity contribution in [2.75, 3.05) is 24.2 Å². The normalized spacial score (nSPS) is 26.8. The summed E-state index contributed by atoms with van der Waals surface area (Å²) >= 11 is 0. The van der Waals surface area contributed by atoms with Crippen LogP contribution in [0, 0.1) is 17.8 Å². The standard InChI is InChI=1S/C35H47N3O5S/c1-24(34(40)36-30-8-4-5-9-30)37(22-25-7-6-10-32(18-25)43-2)33(39)23-38(44(3,41)42)31-13-11-29(12-14-31)35-19-26-15-27(20-35)17-28(16-26)21-35/h6-7,10-14,18,24,26-28,30H,4-5,8-9,15-17,19-23H2,1-3H3,(H,36,40)/t24-,26?,27?,28?,35?/m1/s1. The molecule has 1 N–H and O–H groups in total. The fourth-order valence-electron chi connectivity index (χ4n) is 9.00. The molecule has 7 rings (SSSR count). The van der Waals surface area contributed by atoms with E-state index in [9.17, 15) is 18.0 Å². The van der Waals surface area contributed by atoms with Crippen LogP contribution in [0.4, 0.5) is 5.69 Å². The molecule has 0 heterocycles. The van der Waals surface area contributed by atoms with Gasteiger partial charge in [0.1, 0.15) is 18.3 Å². The quantitative estimate of drug-likeness (QED) is 0.362. The first-order valence-corrected chi connectivity index (χ1v) is 18.2. The Morgan fingerprint density at radius 2 is 1.59 bits per heavy atom. The molecule has 0 spiro atoms. The molecular formula is C35H47N3O5S. The van der Waals surface area contributed by atoms with E-state index in [0.717, 1.165) is 55.3 Å². The maximum absolute atomic E-state index is 14.0. The van der Waals surface area contributed by atoms with E-state index < -0.39 is 22.0 Å². The van der Waals surface area contributed by atoms with E-state index in [0.29, 0.717) is 11.4 Å². The number of anilines is 1. The van der Waals surface area contributed by atoms with Crippen molar-refractivity contribution in [2.24, 2.45) is 17.8 Å². The minimum absolute atomic E-state index is 0.110. The number of carbonyl (C=O) groups is 2. The summed E-state index contributed by atoms with van der Waals surface area (Å²) in [5, 5.41) is 3.11. The second-order valence-corrected chi connectivity index (χ2v) is 16.0. The highest BCUT2D eigenvalue weighted by atomic mass is 32.2. The first kappa shape index (κ1) is 30.9. The number of nitrogens with zero attached hydrogens (tertiary/aromatic N) is 2. The number of ether oxygens (including phenoxy) is 1. The lowest BCUT2D eigenvalue weighted by atomic mass is 9.48. The zero-order valence-electron chi connectivity index (χ0n) is 26.3. The number of sulfonamides is 1. The Balaban J connectivity index is 1.23. The molecule has 2 aromatic carbocycles. The smallest absolute Gasteiger partial charge is 0.244 e. The molecule has 8 nitrogen and oxygen atoms in total. The Kier molecular flexibility index (Phi) is 8.70. The van der Waals surface area contributed by atoms with Gasteiger partial charge in [0.2, 0.25) is 21.8 Å². The summed E-state index contributed by atoms with van der Waals surface area (Å²) in [6, 6.07) is 14.6. The molecule has 44 heavy (non-hydrogen) atoms. The largest absolute Gasteiger partial charge is 0.497 e. The van der Waals surface area contributed by atoms with Gasteiger partial charge in [-0.15, -0.1) is 0 Å². The van der Waals surface area contributed by atoms with Gasteiger partial charge in [0, 0.05) is 12.6 Å². The Morgan fingerprint density at radius 1 is 0.977 bits per heavy atom. The second-order valence-electron chi connectivity index (χ2n) is 14.1. The Morgan fingerprint density at radius 3 is 2.16 bits per heavy atom. The predicted molar refractivity (Wildman–Crippen MR) is 172 cm³/mol. The second kappa shape index (κ2) is 12.4. The van der Waals surface area contributed by atoms with Crippen molar-refractivity contribution >= 4 is 27.5 Å². The van der Waals surface area contributed by atoms with Gasteiger partial charge in [-0.2, -0.15) is 0 Å². The van der Waals surface area contributed by atoms with Crippen LogP contribution in [-0.4, -0.2) is 57.1 Å². The summed E-state index contributed by atoms with van der Waals surface area (Å²) in [4.78, 5) is 28.9. The number of benzene rings is 2. The number of amides is 2. The van der Waals surface area contributed by atoms with Crippen LogP contribution in [0.15, 0.2) is 48.5 Å². The maximum Gasteiger partial charge on any atom is 0.244 e. The summed E-state index contributed by atoms with van der Waals surface area (Å²) in [5.74, 6) is 2.43. The van der Waals surface area contributed by atoms with Gasteiger partial charge < -0.3 is 15.0 Å². The van der Waals surface area contributed by atoms with Crippen LogP contribution in [0.5, 0.6) is 5.75 Å². The number of hydrogen-bond donors (Lipinski definition) is 1. The maximum atomic E-state index is 14.0. The van der Waals surface area contributed by atoms with Gasteiger partial charge in [-0.1, -0.05) is 37.1 Å². The van der Waals surface area contributed by atoms with Gasteiger partial charge >= 0.3 is 0 Å². The molecule has 1 atom stereocenters. The van der Waals surface area contributed by atoms with Gasteiger partial charge in [0.05, 0.1) is 19.1 Å². The average molecular weight is 622 g/mol. The minimum atomic E-state index is -3.79. The molecule has 5 fully saturated rings. The number of rotatable bonds is 11. The first-order chi connectivity index (χ1) is 21.0. The van der Waals surface area contributed by atoms with E-state index in [1.165, 1.54) is 53.3 Å². The summed E-state index contributed by atoms with van der Waals surface area (Å²) in [5.41, 5.74) is 2.77. The Labute approximate surface area is 262 Å².